The minimum absolute atomic E-state index is 0.143. The predicted molar refractivity (Wildman–Crippen MR) is 129 cm³/mol. The highest BCUT2D eigenvalue weighted by molar-refractivity contribution is 9.10. The van der Waals surface area contributed by atoms with Gasteiger partial charge in [-0.3, -0.25) is 0 Å². The maximum atomic E-state index is 13.5. The summed E-state index contributed by atoms with van der Waals surface area (Å²) >= 11 is 3.55. The molecule has 1 aromatic rings. The van der Waals surface area contributed by atoms with Crippen LogP contribution in [0.3, 0.4) is 0 Å². The molecule has 0 aromatic heterocycles. The van der Waals surface area contributed by atoms with E-state index in [1.54, 1.807) is 6.07 Å². The number of hydrogen-bond donors (Lipinski definition) is 1. The Bertz CT molecular complexity index is 789. The number of piperidine rings is 1. The van der Waals surface area contributed by atoms with Crippen LogP contribution in [0.2, 0.25) is 0 Å². The molecule has 0 unspecified atom stereocenters. The third kappa shape index (κ3) is 8.41. The first-order valence-electron chi connectivity index (χ1n) is 12.0. The van der Waals surface area contributed by atoms with Gasteiger partial charge in [-0.15, -0.1) is 0 Å². The normalized spacial score (nSPS) is 23.8. The van der Waals surface area contributed by atoms with Gasteiger partial charge in [0.1, 0.15) is 5.82 Å². The first kappa shape index (κ1) is 25.1. The van der Waals surface area contributed by atoms with Crippen molar-refractivity contribution >= 4 is 26.0 Å². The minimum atomic E-state index is -3.09. The standard InChI is InChI=1S/C24H38BrFN2O2S/c1-2-16-31(29,30)27-23-8-5-19(6-9-23)4-3-13-28-14-11-20(12-15-28)17-21-18-22(26)7-10-24(21)25/h7,10,18-20,23,27H,2-6,8-9,11-17H2,1H3. The Morgan fingerprint density at radius 3 is 2.48 bits per heavy atom. The Kier molecular flexibility index (Phi) is 9.81. The largest absolute Gasteiger partial charge is 0.303 e. The monoisotopic (exact) mass is 516 g/mol. The molecule has 4 nitrogen and oxygen atoms in total. The van der Waals surface area contributed by atoms with Gasteiger partial charge in [-0.2, -0.15) is 0 Å². The van der Waals surface area contributed by atoms with Crippen LogP contribution in [0.5, 0.6) is 0 Å². The first-order valence-corrected chi connectivity index (χ1v) is 14.5. The van der Waals surface area contributed by atoms with E-state index >= 15 is 0 Å². The van der Waals surface area contributed by atoms with E-state index in [1.165, 1.54) is 38.3 Å². The number of benzene rings is 1. The van der Waals surface area contributed by atoms with Gasteiger partial charge >= 0.3 is 0 Å². The summed E-state index contributed by atoms with van der Waals surface area (Å²) in [7, 11) is -3.09. The van der Waals surface area contributed by atoms with Gasteiger partial charge in [-0.1, -0.05) is 22.9 Å². The van der Waals surface area contributed by atoms with E-state index in [-0.39, 0.29) is 17.6 Å². The quantitative estimate of drug-likeness (QED) is 0.445. The molecule has 1 saturated carbocycles. The number of likely N-dealkylation sites (tertiary alicyclic amines) is 1. The molecule has 0 radical (unpaired) electrons. The van der Waals surface area contributed by atoms with E-state index in [1.807, 2.05) is 13.0 Å². The zero-order valence-electron chi connectivity index (χ0n) is 18.8. The van der Waals surface area contributed by atoms with E-state index in [4.69, 9.17) is 0 Å². The van der Waals surface area contributed by atoms with Crippen molar-refractivity contribution in [2.45, 2.75) is 77.2 Å². The van der Waals surface area contributed by atoms with Gasteiger partial charge in [-0.05, 0) is 119 Å². The fraction of sp³-hybridized carbons (Fsp3) is 0.750. The maximum Gasteiger partial charge on any atom is 0.211 e. The number of sulfonamides is 1. The highest BCUT2D eigenvalue weighted by Crippen LogP contribution is 2.29. The topological polar surface area (TPSA) is 49.4 Å². The van der Waals surface area contributed by atoms with Crippen molar-refractivity contribution in [3.05, 3.63) is 34.1 Å². The lowest BCUT2D eigenvalue weighted by atomic mass is 9.83. The average Bonchev–Trinajstić information content (AvgIpc) is 2.73. The lowest BCUT2D eigenvalue weighted by molar-refractivity contribution is 0.175. The third-order valence-corrected chi connectivity index (χ3v) is 9.39. The van der Waals surface area contributed by atoms with Crippen molar-refractivity contribution in [1.82, 2.24) is 9.62 Å². The zero-order chi connectivity index (χ0) is 22.3. The Morgan fingerprint density at radius 2 is 1.81 bits per heavy atom. The first-order chi connectivity index (χ1) is 14.8. The van der Waals surface area contributed by atoms with Crippen LogP contribution in [-0.2, 0) is 16.4 Å². The lowest BCUT2D eigenvalue weighted by Gasteiger charge is -2.33. The van der Waals surface area contributed by atoms with Gasteiger partial charge in [0.2, 0.25) is 10.0 Å². The molecule has 1 heterocycles. The minimum Gasteiger partial charge on any atom is -0.303 e. The van der Waals surface area contributed by atoms with Crippen molar-refractivity contribution < 1.29 is 12.8 Å². The van der Waals surface area contributed by atoms with Crippen molar-refractivity contribution in [2.75, 3.05) is 25.4 Å². The van der Waals surface area contributed by atoms with Gasteiger partial charge in [-0.25, -0.2) is 17.5 Å². The Morgan fingerprint density at radius 1 is 1.10 bits per heavy atom. The molecule has 1 N–H and O–H groups in total. The molecule has 0 amide bonds. The molecular formula is C24H38BrFN2O2S. The van der Waals surface area contributed by atoms with Gasteiger partial charge < -0.3 is 4.90 Å². The van der Waals surface area contributed by atoms with Gasteiger partial charge in [0, 0.05) is 10.5 Å². The second-order valence-corrected chi connectivity index (χ2v) is 12.2. The molecule has 31 heavy (non-hydrogen) atoms. The molecule has 1 aromatic carbocycles. The molecule has 2 aliphatic rings. The van der Waals surface area contributed by atoms with Crippen LogP contribution in [-0.4, -0.2) is 44.7 Å². The Balaban J connectivity index is 1.29. The number of halogens is 2. The SMILES string of the molecule is CCCS(=O)(=O)NC1CCC(CCCN2CCC(Cc3cc(F)ccc3Br)CC2)CC1. The smallest absolute Gasteiger partial charge is 0.211 e. The molecule has 7 heteroatoms. The second-order valence-electron chi connectivity index (χ2n) is 9.52. The lowest BCUT2D eigenvalue weighted by Crippen LogP contribution is -2.39. The molecule has 176 valence electrons. The third-order valence-electron chi connectivity index (χ3n) is 6.98. The summed E-state index contributed by atoms with van der Waals surface area (Å²) < 4.78 is 41.3. The highest BCUT2D eigenvalue weighted by atomic mass is 79.9. The van der Waals surface area contributed by atoms with E-state index in [0.29, 0.717) is 12.3 Å². The molecule has 0 atom stereocenters. The molecule has 1 aliphatic carbocycles. The van der Waals surface area contributed by atoms with Crippen LogP contribution in [0.15, 0.2) is 22.7 Å². The van der Waals surface area contributed by atoms with Crippen LogP contribution >= 0.6 is 15.9 Å². The number of nitrogens with zero attached hydrogens (tertiary/aromatic N) is 1. The molecular weight excluding hydrogens is 479 g/mol. The van der Waals surface area contributed by atoms with Crippen molar-refractivity contribution in [1.29, 1.82) is 0 Å². The number of rotatable bonds is 10. The predicted octanol–water partition coefficient (Wildman–Crippen LogP) is 5.51. The summed E-state index contributed by atoms with van der Waals surface area (Å²) in [4.78, 5) is 2.58. The van der Waals surface area contributed by atoms with Crippen LogP contribution in [0.4, 0.5) is 4.39 Å². The van der Waals surface area contributed by atoms with Gasteiger partial charge in [0.15, 0.2) is 0 Å². The van der Waals surface area contributed by atoms with Gasteiger partial charge in [0.25, 0.3) is 0 Å². The molecule has 0 bridgehead atoms. The fourth-order valence-electron chi connectivity index (χ4n) is 5.18. The highest BCUT2D eigenvalue weighted by Gasteiger charge is 2.25. The summed E-state index contributed by atoms with van der Waals surface area (Å²) in [6.07, 6.45) is 10.7. The summed E-state index contributed by atoms with van der Waals surface area (Å²) in [5, 5.41) is 0. The second kappa shape index (κ2) is 12.1. The van der Waals surface area contributed by atoms with Crippen molar-refractivity contribution in [3.63, 3.8) is 0 Å². The van der Waals surface area contributed by atoms with Crippen LogP contribution < -0.4 is 4.72 Å². The molecule has 3 rings (SSSR count). The van der Waals surface area contributed by atoms with E-state index < -0.39 is 10.0 Å². The van der Waals surface area contributed by atoms with E-state index in [9.17, 15) is 12.8 Å². The van der Waals surface area contributed by atoms with Crippen LogP contribution in [0.25, 0.3) is 0 Å². The summed E-state index contributed by atoms with van der Waals surface area (Å²) in [6.45, 7) is 5.36. The number of nitrogens with one attached hydrogen (secondary N) is 1. The van der Waals surface area contributed by atoms with Gasteiger partial charge in [0.05, 0.1) is 5.75 Å². The molecule has 1 saturated heterocycles. The number of hydrogen-bond acceptors (Lipinski definition) is 3. The van der Waals surface area contributed by atoms with Crippen LogP contribution in [0.1, 0.15) is 70.3 Å². The van der Waals surface area contributed by atoms with Crippen LogP contribution in [0, 0.1) is 17.7 Å². The summed E-state index contributed by atoms with van der Waals surface area (Å²) in [6, 6.07) is 5.13. The average molecular weight is 518 g/mol. The van der Waals surface area contributed by atoms with Crippen molar-refractivity contribution in [2.24, 2.45) is 11.8 Å². The van der Waals surface area contributed by atoms with E-state index in [0.717, 1.165) is 61.1 Å². The summed E-state index contributed by atoms with van der Waals surface area (Å²) in [5.41, 5.74) is 1.09. The van der Waals surface area contributed by atoms with E-state index in [2.05, 4.69) is 25.6 Å². The Labute approximate surface area is 196 Å². The van der Waals surface area contributed by atoms with Crippen molar-refractivity contribution in [3.8, 4) is 0 Å². The summed E-state index contributed by atoms with van der Waals surface area (Å²) in [5.74, 6) is 1.47. The maximum absolute atomic E-state index is 13.5. The zero-order valence-corrected chi connectivity index (χ0v) is 21.2. The molecule has 2 fully saturated rings. The molecule has 0 spiro atoms. The Hall–Kier alpha value is -0.500. The fourth-order valence-corrected chi connectivity index (χ4v) is 6.99. The molecule has 1 aliphatic heterocycles.